The van der Waals surface area contributed by atoms with Crippen molar-refractivity contribution in [2.75, 3.05) is 7.05 Å². The molecular formula is C16H17N3O2. The summed E-state index contributed by atoms with van der Waals surface area (Å²) in [6.45, 7) is 1.90. The van der Waals surface area contributed by atoms with Crippen LogP contribution >= 0.6 is 0 Å². The standard InChI is InChI=1S/C16H17N3O2/c1-10-9-12-11-5-3-4-6-13(11)18-15(12)16(21)19(10)14(20)7-8-17-2/h3-8,10,17-18H,9H2,1-2H3/b8-7-. The molecule has 0 bridgehead atoms. The number of nitrogens with zero attached hydrogens (tertiary/aromatic N) is 1. The Labute approximate surface area is 122 Å². The van der Waals surface area contributed by atoms with E-state index in [-0.39, 0.29) is 17.9 Å². The first-order valence-corrected chi connectivity index (χ1v) is 6.94. The second-order valence-electron chi connectivity index (χ2n) is 5.21. The molecule has 0 aliphatic carbocycles. The van der Waals surface area contributed by atoms with E-state index < -0.39 is 0 Å². The lowest BCUT2D eigenvalue weighted by Gasteiger charge is -2.30. The van der Waals surface area contributed by atoms with E-state index in [0.717, 1.165) is 16.5 Å². The van der Waals surface area contributed by atoms with Crippen molar-refractivity contribution in [2.24, 2.45) is 0 Å². The highest BCUT2D eigenvalue weighted by Crippen LogP contribution is 2.30. The molecular weight excluding hydrogens is 266 g/mol. The summed E-state index contributed by atoms with van der Waals surface area (Å²) in [6, 6.07) is 7.68. The Morgan fingerprint density at radius 1 is 1.43 bits per heavy atom. The van der Waals surface area contributed by atoms with Gasteiger partial charge in [0.05, 0.1) is 0 Å². The first-order valence-electron chi connectivity index (χ1n) is 6.94. The van der Waals surface area contributed by atoms with E-state index in [1.54, 1.807) is 7.05 Å². The van der Waals surface area contributed by atoms with Crippen LogP contribution in [0.1, 0.15) is 23.0 Å². The number of nitrogens with one attached hydrogen (secondary N) is 2. The fraction of sp³-hybridized carbons (Fsp3) is 0.250. The summed E-state index contributed by atoms with van der Waals surface area (Å²) in [7, 11) is 1.71. The van der Waals surface area contributed by atoms with Crippen LogP contribution in [0.3, 0.4) is 0 Å². The van der Waals surface area contributed by atoms with Gasteiger partial charge in [-0.05, 0) is 25.0 Å². The van der Waals surface area contributed by atoms with E-state index in [0.29, 0.717) is 12.1 Å². The fourth-order valence-electron chi connectivity index (χ4n) is 2.85. The summed E-state index contributed by atoms with van der Waals surface area (Å²) < 4.78 is 0. The molecule has 108 valence electrons. The SMILES string of the molecule is CN/C=C\C(=O)N1C(=O)c2[nH]c3ccccc3c2CC1C. The summed E-state index contributed by atoms with van der Waals surface area (Å²) in [5.74, 6) is -0.558. The first-order chi connectivity index (χ1) is 10.1. The minimum atomic E-state index is -0.300. The van der Waals surface area contributed by atoms with Gasteiger partial charge < -0.3 is 10.3 Å². The van der Waals surface area contributed by atoms with Gasteiger partial charge in [0.15, 0.2) is 0 Å². The van der Waals surface area contributed by atoms with E-state index >= 15 is 0 Å². The van der Waals surface area contributed by atoms with Crippen molar-refractivity contribution < 1.29 is 9.59 Å². The molecule has 1 unspecified atom stereocenters. The molecule has 1 aromatic carbocycles. The van der Waals surface area contributed by atoms with Gasteiger partial charge in [-0.1, -0.05) is 18.2 Å². The minimum absolute atomic E-state index is 0.154. The highest BCUT2D eigenvalue weighted by atomic mass is 16.2. The number of carbonyl (C=O) groups is 2. The van der Waals surface area contributed by atoms with Gasteiger partial charge >= 0.3 is 0 Å². The van der Waals surface area contributed by atoms with Gasteiger partial charge in [0.2, 0.25) is 0 Å². The fourth-order valence-corrected chi connectivity index (χ4v) is 2.85. The van der Waals surface area contributed by atoms with Crippen molar-refractivity contribution >= 4 is 22.7 Å². The molecule has 2 N–H and O–H groups in total. The highest BCUT2D eigenvalue weighted by molar-refractivity contribution is 6.11. The van der Waals surface area contributed by atoms with Crippen LogP contribution in [0.2, 0.25) is 0 Å². The average Bonchev–Trinajstić information content (AvgIpc) is 2.84. The number of para-hydroxylation sites is 1. The number of amides is 2. The van der Waals surface area contributed by atoms with E-state index in [4.69, 9.17) is 0 Å². The number of aromatic nitrogens is 1. The molecule has 5 nitrogen and oxygen atoms in total. The maximum atomic E-state index is 12.6. The van der Waals surface area contributed by atoms with Gasteiger partial charge in [-0.25, -0.2) is 0 Å². The molecule has 0 fully saturated rings. The van der Waals surface area contributed by atoms with E-state index in [9.17, 15) is 9.59 Å². The third kappa shape index (κ3) is 2.11. The van der Waals surface area contributed by atoms with Crippen LogP contribution in [-0.2, 0) is 11.2 Å². The molecule has 3 rings (SSSR count). The molecule has 0 saturated heterocycles. The smallest absolute Gasteiger partial charge is 0.277 e. The molecule has 1 aliphatic heterocycles. The normalized spacial score (nSPS) is 18.3. The Kier molecular flexibility index (Phi) is 3.25. The largest absolute Gasteiger partial charge is 0.394 e. The van der Waals surface area contributed by atoms with Gasteiger partial charge in [0, 0.05) is 36.3 Å². The zero-order chi connectivity index (χ0) is 15.0. The van der Waals surface area contributed by atoms with Crippen molar-refractivity contribution in [3.63, 3.8) is 0 Å². The molecule has 0 spiro atoms. The molecule has 5 heteroatoms. The van der Waals surface area contributed by atoms with Crippen LogP contribution in [0.5, 0.6) is 0 Å². The molecule has 2 amide bonds. The number of fused-ring (bicyclic) bond motifs is 3. The number of aromatic amines is 1. The summed E-state index contributed by atoms with van der Waals surface area (Å²) >= 11 is 0. The van der Waals surface area contributed by atoms with Crippen LogP contribution in [0.25, 0.3) is 10.9 Å². The quantitative estimate of drug-likeness (QED) is 0.826. The number of hydrogen-bond donors (Lipinski definition) is 2. The van der Waals surface area contributed by atoms with Gasteiger partial charge in [-0.3, -0.25) is 14.5 Å². The third-order valence-corrected chi connectivity index (χ3v) is 3.82. The third-order valence-electron chi connectivity index (χ3n) is 3.82. The molecule has 2 heterocycles. The van der Waals surface area contributed by atoms with Gasteiger partial charge in [0.1, 0.15) is 5.69 Å². The van der Waals surface area contributed by atoms with Crippen molar-refractivity contribution in [1.29, 1.82) is 0 Å². The molecule has 2 aromatic rings. The van der Waals surface area contributed by atoms with Crippen molar-refractivity contribution in [3.8, 4) is 0 Å². The van der Waals surface area contributed by atoms with Gasteiger partial charge in [-0.2, -0.15) is 0 Å². The van der Waals surface area contributed by atoms with E-state index in [1.165, 1.54) is 17.2 Å². The summed E-state index contributed by atoms with van der Waals surface area (Å²) in [5.41, 5.74) is 2.47. The maximum Gasteiger partial charge on any atom is 0.277 e. The predicted octanol–water partition coefficient (Wildman–Crippen LogP) is 1.81. The molecule has 0 saturated carbocycles. The monoisotopic (exact) mass is 283 g/mol. The lowest BCUT2D eigenvalue weighted by Crippen LogP contribution is -2.47. The van der Waals surface area contributed by atoms with Crippen LogP contribution < -0.4 is 5.32 Å². The molecule has 0 radical (unpaired) electrons. The average molecular weight is 283 g/mol. The minimum Gasteiger partial charge on any atom is -0.394 e. The number of rotatable bonds is 2. The Morgan fingerprint density at radius 3 is 2.95 bits per heavy atom. The molecule has 1 atom stereocenters. The van der Waals surface area contributed by atoms with Crippen molar-refractivity contribution in [1.82, 2.24) is 15.2 Å². The zero-order valence-electron chi connectivity index (χ0n) is 12.0. The summed E-state index contributed by atoms with van der Waals surface area (Å²) in [5, 5.41) is 3.82. The number of imide groups is 1. The molecule has 1 aliphatic rings. The van der Waals surface area contributed by atoms with Crippen molar-refractivity contribution in [2.45, 2.75) is 19.4 Å². The topological polar surface area (TPSA) is 65.2 Å². The Morgan fingerprint density at radius 2 is 2.19 bits per heavy atom. The Bertz CT molecular complexity index is 745. The zero-order valence-corrected chi connectivity index (χ0v) is 12.0. The first kappa shape index (κ1) is 13.4. The van der Waals surface area contributed by atoms with Crippen LogP contribution in [0.4, 0.5) is 0 Å². The predicted molar refractivity (Wildman–Crippen MR) is 80.8 cm³/mol. The van der Waals surface area contributed by atoms with Gasteiger partial charge in [-0.15, -0.1) is 0 Å². The van der Waals surface area contributed by atoms with Gasteiger partial charge in [0.25, 0.3) is 11.8 Å². The molecule has 21 heavy (non-hydrogen) atoms. The number of H-pyrrole nitrogens is 1. The molecule has 1 aromatic heterocycles. The summed E-state index contributed by atoms with van der Waals surface area (Å²) in [6.07, 6.45) is 3.58. The lowest BCUT2D eigenvalue weighted by atomic mass is 9.97. The Balaban J connectivity index is 2.05. The second kappa shape index (κ2) is 5.09. The van der Waals surface area contributed by atoms with Crippen LogP contribution in [0.15, 0.2) is 36.5 Å². The summed E-state index contributed by atoms with van der Waals surface area (Å²) in [4.78, 5) is 29.2. The Hall–Kier alpha value is -2.56. The maximum absolute atomic E-state index is 12.6. The van der Waals surface area contributed by atoms with E-state index in [2.05, 4.69) is 10.3 Å². The van der Waals surface area contributed by atoms with Crippen LogP contribution in [-0.4, -0.2) is 34.8 Å². The van der Waals surface area contributed by atoms with Crippen LogP contribution in [0, 0.1) is 0 Å². The lowest BCUT2D eigenvalue weighted by molar-refractivity contribution is -0.125. The van der Waals surface area contributed by atoms with E-state index in [1.807, 2.05) is 31.2 Å². The number of hydrogen-bond acceptors (Lipinski definition) is 3. The highest BCUT2D eigenvalue weighted by Gasteiger charge is 2.35. The second-order valence-corrected chi connectivity index (χ2v) is 5.21. The number of benzene rings is 1. The number of carbonyl (C=O) groups excluding carboxylic acids is 2. The van der Waals surface area contributed by atoms with Crippen molar-refractivity contribution in [3.05, 3.63) is 47.8 Å².